The van der Waals surface area contributed by atoms with Gasteiger partial charge >= 0.3 is 12.1 Å². The summed E-state index contributed by atoms with van der Waals surface area (Å²) in [6, 6.07) is 16.4. The van der Waals surface area contributed by atoms with E-state index in [4.69, 9.17) is 9.84 Å². The Kier molecular flexibility index (Phi) is 9.70. The van der Waals surface area contributed by atoms with Crippen molar-refractivity contribution in [3.8, 4) is 11.1 Å². The summed E-state index contributed by atoms with van der Waals surface area (Å²) < 4.78 is 5.58. The topological polar surface area (TPSA) is 105 Å². The number of carbonyl (C=O) groups is 3. The summed E-state index contributed by atoms with van der Waals surface area (Å²) >= 11 is 0. The molecule has 2 aromatic carbocycles. The SMILES string of the molecule is CC(C)C(CNC(=O)OCC1c2ccccc2-c2ccccc21)C(=O)NCCCCCCC(=O)O. The van der Waals surface area contributed by atoms with Crippen LogP contribution in [0.4, 0.5) is 4.79 Å². The lowest BCUT2D eigenvalue weighted by molar-refractivity contribution is -0.137. The summed E-state index contributed by atoms with van der Waals surface area (Å²) in [5.41, 5.74) is 4.67. The van der Waals surface area contributed by atoms with Gasteiger partial charge in [0.2, 0.25) is 5.91 Å². The number of carboxylic acids is 1. The fourth-order valence-electron chi connectivity index (χ4n) is 4.57. The number of alkyl carbamates (subject to hydrolysis) is 1. The number of hydrogen-bond acceptors (Lipinski definition) is 4. The molecule has 0 saturated heterocycles. The lowest BCUT2D eigenvalue weighted by Gasteiger charge is -2.21. The predicted octanol–water partition coefficient (Wildman–Crippen LogP) is 4.95. The highest BCUT2D eigenvalue weighted by Gasteiger charge is 2.29. The number of nitrogens with one attached hydrogen (secondary N) is 2. The molecule has 35 heavy (non-hydrogen) atoms. The number of carboxylic acid groups (broad SMARTS) is 1. The first-order valence-electron chi connectivity index (χ1n) is 12.5. The number of benzene rings is 2. The third kappa shape index (κ3) is 7.31. The first kappa shape index (κ1) is 26.3. The zero-order chi connectivity index (χ0) is 25.2. The summed E-state index contributed by atoms with van der Waals surface area (Å²) in [5.74, 6) is -1.18. The molecule has 7 heteroatoms. The standard InChI is InChI=1S/C28H36N2O5/c1-19(2)24(27(33)29-16-10-4-3-5-15-26(31)32)17-30-28(34)35-18-25-22-13-8-6-11-20(22)21-12-7-9-14-23(21)25/h6-9,11-14,19,24-25H,3-5,10,15-18H2,1-2H3,(H,29,33)(H,30,34)(H,31,32). The molecular weight excluding hydrogens is 444 g/mol. The largest absolute Gasteiger partial charge is 0.481 e. The van der Waals surface area contributed by atoms with Gasteiger partial charge in [-0.1, -0.05) is 75.2 Å². The molecule has 0 aliphatic heterocycles. The Morgan fingerprint density at radius 1 is 0.886 bits per heavy atom. The maximum Gasteiger partial charge on any atom is 0.407 e. The van der Waals surface area contributed by atoms with Gasteiger partial charge in [0.05, 0.1) is 5.92 Å². The van der Waals surface area contributed by atoms with Gasteiger partial charge in [-0.25, -0.2) is 4.79 Å². The Labute approximate surface area is 207 Å². The normalized spacial score (nSPS) is 13.1. The first-order valence-corrected chi connectivity index (χ1v) is 12.5. The summed E-state index contributed by atoms with van der Waals surface area (Å²) in [6.07, 6.45) is 2.82. The van der Waals surface area contributed by atoms with Gasteiger partial charge in [-0.15, -0.1) is 0 Å². The van der Waals surface area contributed by atoms with Crippen molar-refractivity contribution in [1.29, 1.82) is 0 Å². The van der Waals surface area contributed by atoms with Gasteiger partial charge in [-0.2, -0.15) is 0 Å². The summed E-state index contributed by atoms with van der Waals surface area (Å²) in [7, 11) is 0. The van der Waals surface area contributed by atoms with E-state index in [-0.39, 0.29) is 43.2 Å². The zero-order valence-corrected chi connectivity index (χ0v) is 20.6. The highest BCUT2D eigenvalue weighted by atomic mass is 16.5. The Balaban J connectivity index is 1.43. The number of ether oxygens (including phenoxy) is 1. The molecule has 0 spiro atoms. The van der Waals surface area contributed by atoms with Gasteiger partial charge in [0.25, 0.3) is 0 Å². The van der Waals surface area contributed by atoms with Gasteiger partial charge in [0.15, 0.2) is 0 Å². The van der Waals surface area contributed by atoms with Gasteiger partial charge < -0.3 is 20.5 Å². The van der Waals surface area contributed by atoms with E-state index in [1.165, 1.54) is 11.1 Å². The van der Waals surface area contributed by atoms with E-state index in [2.05, 4.69) is 34.9 Å². The monoisotopic (exact) mass is 480 g/mol. The molecule has 1 atom stereocenters. The molecule has 3 N–H and O–H groups in total. The van der Waals surface area contributed by atoms with Crippen molar-refractivity contribution in [3.63, 3.8) is 0 Å². The molecule has 2 amide bonds. The minimum Gasteiger partial charge on any atom is -0.481 e. The fourth-order valence-corrected chi connectivity index (χ4v) is 4.57. The van der Waals surface area contributed by atoms with Crippen LogP contribution in [-0.2, 0) is 14.3 Å². The van der Waals surface area contributed by atoms with E-state index in [0.29, 0.717) is 13.0 Å². The van der Waals surface area contributed by atoms with Crippen LogP contribution in [0.1, 0.15) is 63.0 Å². The lowest BCUT2D eigenvalue weighted by Crippen LogP contribution is -2.42. The van der Waals surface area contributed by atoms with Crippen LogP contribution in [0, 0.1) is 11.8 Å². The van der Waals surface area contributed by atoms with Crippen molar-refractivity contribution in [2.45, 2.75) is 51.9 Å². The van der Waals surface area contributed by atoms with Gasteiger partial charge in [-0.05, 0) is 41.0 Å². The van der Waals surface area contributed by atoms with Gasteiger partial charge in [-0.3, -0.25) is 9.59 Å². The van der Waals surface area contributed by atoms with Crippen molar-refractivity contribution >= 4 is 18.0 Å². The van der Waals surface area contributed by atoms with Gasteiger partial charge in [0, 0.05) is 25.4 Å². The Morgan fingerprint density at radius 2 is 1.49 bits per heavy atom. The second-order valence-corrected chi connectivity index (χ2v) is 9.41. The molecular formula is C28H36N2O5. The van der Waals surface area contributed by atoms with E-state index >= 15 is 0 Å². The van der Waals surface area contributed by atoms with Gasteiger partial charge in [0.1, 0.15) is 6.61 Å². The van der Waals surface area contributed by atoms with Crippen LogP contribution < -0.4 is 10.6 Å². The van der Waals surface area contributed by atoms with Crippen molar-refractivity contribution < 1.29 is 24.2 Å². The molecule has 0 aromatic heterocycles. The predicted molar refractivity (Wildman–Crippen MR) is 135 cm³/mol. The fraction of sp³-hybridized carbons (Fsp3) is 0.464. The van der Waals surface area contributed by atoms with Crippen LogP contribution in [0.5, 0.6) is 0 Å². The van der Waals surface area contributed by atoms with Crippen molar-refractivity contribution in [2.24, 2.45) is 11.8 Å². The molecule has 1 unspecified atom stereocenters. The van der Waals surface area contributed by atoms with Crippen LogP contribution in [0.3, 0.4) is 0 Å². The second-order valence-electron chi connectivity index (χ2n) is 9.41. The van der Waals surface area contributed by atoms with Crippen LogP contribution in [-0.4, -0.2) is 42.8 Å². The summed E-state index contributed by atoms with van der Waals surface area (Å²) in [6.45, 7) is 4.89. The van der Waals surface area contributed by atoms with Crippen molar-refractivity contribution in [3.05, 3.63) is 59.7 Å². The van der Waals surface area contributed by atoms with E-state index in [0.717, 1.165) is 30.4 Å². The highest BCUT2D eigenvalue weighted by molar-refractivity contribution is 5.80. The molecule has 1 aliphatic rings. The Morgan fingerprint density at radius 3 is 2.09 bits per heavy atom. The van der Waals surface area contributed by atoms with Crippen molar-refractivity contribution in [1.82, 2.24) is 10.6 Å². The Bertz CT molecular complexity index is 974. The third-order valence-corrected chi connectivity index (χ3v) is 6.57. The van der Waals surface area contributed by atoms with E-state index < -0.39 is 12.1 Å². The molecule has 188 valence electrons. The number of unbranched alkanes of at least 4 members (excludes halogenated alkanes) is 3. The van der Waals surface area contributed by atoms with Crippen LogP contribution in [0.25, 0.3) is 11.1 Å². The molecule has 7 nitrogen and oxygen atoms in total. The number of amides is 2. The van der Waals surface area contributed by atoms with Crippen LogP contribution >= 0.6 is 0 Å². The number of hydrogen-bond donors (Lipinski definition) is 3. The third-order valence-electron chi connectivity index (χ3n) is 6.57. The Hall–Kier alpha value is -3.35. The molecule has 0 radical (unpaired) electrons. The van der Waals surface area contributed by atoms with Crippen LogP contribution in [0.15, 0.2) is 48.5 Å². The molecule has 3 rings (SSSR count). The molecule has 0 saturated carbocycles. The number of rotatable bonds is 13. The smallest absolute Gasteiger partial charge is 0.407 e. The lowest BCUT2D eigenvalue weighted by atomic mass is 9.95. The number of aliphatic carboxylic acids is 1. The second kappa shape index (κ2) is 12.9. The minimum atomic E-state index is -0.776. The average Bonchev–Trinajstić information content (AvgIpc) is 3.15. The minimum absolute atomic E-state index is 0.00663. The molecule has 0 bridgehead atoms. The average molecular weight is 481 g/mol. The maximum absolute atomic E-state index is 12.6. The molecule has 2 aromatic rings. The van der Waals surface area contributed by atoms with Crippen molar-refractivity contribution in [2.75, 3.05) is 19.7 Å². The zero-order valence-electron chi connectivity index (χ0n) is 20.6. The van der Waals surface area contributed by atoms with E-state index in [9.17, 15) is 14.4 Å². The number of carbonyl (C=O) groups excluding carboxylic acids is 2. The van der Waals surface area contributed by atoms with Crippen LogP contribution in [0.2, 0.25) is 0 Å². The highest BCUT2D eigenvalue weighted by Crippen LogP contribution is 2.44. The quantitative estimate of drug-likeness (QED) is 0.352. The summed E-state index contributed by atoms with van der Waals surface area (Å²) in [5, 5.41) is 14.4. The van der Waals surface area contributed by atoms with E-state index in [1.54, 1.807) is 0 Å². The maximum atomic E-state index is 12.6. The summed E-state index contributed by atoms with van der Waals surface area (Å²) in [4.78, 5) is 35.6. The number of fused-ring (bicyclic) bond motifs is 3. The molecule has 0 fully saturated rings. The first-order chi connectivity index (χ1) is 16.9. The molecule has 0 heterocycles. The molecule has 1 aliphatic carbocycles. The van der Waals surface area contributed by atoms with E-state index in [1.807, 2.05) is 38.1 Å².